The van der Waals surface area contributed by atoms with Crippen LogP contribution in [0.5, 0.6) is 11.5 Å². The summed E-state index contributed by atoms with van der Waals surface area (Å²) in [5.41, 5.74) is 0.907. The zero-order valence-corrected chi connectivity index (χ0v) is 16.6. The van der Waals surface area contributed by atoms with Crippen LogP contribution in [0.2, 0.25) is 0 Å². The van der Waals surface area contributed by atoms with Gasteiger partial charge in [0.1, 0.15) is 17.5 Å². The average molecular weight is 392 g/mol. The van der Waals surface area contributed by atoms with Crippen LogP contribution in [0.25, 0.3) is 0 Å². The Labute approximate surface area is 160 Å². The van der Waals surface area contributed by atoms with Gasteiger partial charge in [0, 0.05) is 11.8 Å². The normalized spacial score (nSPS) is 12.1. The van der Waals surface area contributed by atoms with E-state index < -0.39 is 22.0 Å². The highest BCUT2D eigenvalue weighted by Gasteiger charge is 2.29. The molecule has 0 aliphatic rings. The number of sulfonamides is 1. The number of nitrogens with zero attached hydrogens (tertiary/aromatic N) is 1. The zero-order chi connectivity index (χ0) is 20.0. The van der Waals surface area contributed by atoms with E-state index in [1.807, 2.05) is 6.92 Å². The fourth-order valence-corrected chi connectivity index (χ4v) is 3.79. The molecular formula is C19H24N2O5S. The second-order valence-corrected chi connectivity index (χ2v) is 7.74. The number of carbonyl (C=O) groups is 1. The zero-order valence-electron chi connectivity index (χ0n) is 15.8. The fourth-order valence-electron chi connectivity index (χ4n) is 2.61. The number of hydrogen-bond acceptors (Lipinski definition) is 5. The predicted molar refractivity (Wildman–Crippen MR) is 106 cm³/mol. The third-order valence-electron chi connectivity index (χ3n) is 3.83. The predicted octanol–water partition coefficient (Wildman–Crippen LogP) is 2.89. The third-order valence-corrected chi connectivity index (χ3v) is 5.07. The highest BCUT2D eigenvalue weighted by molar-refractivity contribution is 7.92. The lowest BCUT2D eigenvalue weighted by Gasteiger charge is -2.28. The number of anilines is 2. The summed E-state index contributed by atoms with van der Waals surface area (Å²) in [5.74, 6) is 0.764. The maximum absolute atomic E-state index is 12.7. The van der Waals surface area contributed by atoms with Crippen LogP contribution in [-0.2, 0) is 14.8 Å². The number of ether oxygens (including phenoxy) is 2. The number of hydrogen-bond donors (Lipinski definition) is 1. The lowest BCUT2D eigenvalue weighted by atomic mass is 10.2. The van der Waals surface area contributed by atoms with Gasteiger partial charge in [0.15, 0.2) is 0 Å². The Hall–Kier alpha value is -2.74. The molecule has 0 aromatic heterocycles. The summed E-state index contributed by atoms with van der Waals surface area (Å²) in [6.07, 6.45) is 1.07. The molecule has 7 nitrogen and oxygen atoms in total. The van der Waals surface area contributed by atoms with Gasteiger partial charge in [-0.3, -0.25) is 9.10 Å². The van der Waals surface area contributed by atoms with Crippen molar-refractivity contribution in [2.75, 3.05) is 29.6 Å². The maximum Gasteiger partial charge on any atom is 0.247 e. The molecule has 8 heteroatoms. The molecule has 1 N–H and O–H groups in total. The summed E-state index contributed by atoms with van der Waals surface area (Å²) >= 11 is 0. The number of nitrogens with one attached hydrogen (secondary N) is 1. The first-order chi connectivity index (χ1) is 12.8. The number of amides is 1. The monoisotopic (exact) mass is 392 g/mol. The van der Waals surface area contributed by atoms with Gasteiger partial charge in [-0.2, -0.15) is 0 Å². The quantitative estimate of drug-likeness (QED) is 0.747. The molecule has 2 rings (SSSR count). The van der Waals surface area contributed by atoms with E-state index in [0.717, 1.165) is 10.6 Å². The van der Waals surface area contributed by atoms with Crippen LogP contribution in [0.15, 0.2) is 48.5 Å². The van der Waals surface area contributed by atoms with Crippen LogP contribution < -0.4 is 19.1 Å². The van der Waals surface area contributed by atoms with Gasteiger partial charge in [-0.05, 0) is 50.2 Å². The van der Waals surface area contributed by atoms with Gasteiger partial charge in [-0.15, -0.1) is 0 Å². The fraction of sp³-hybridized carbons (Fsp3) is 0.316. The highest BCUT2D eigenvalue weighted by atomic mass is 32.2. The van der Waals surface area contributed by atoms with Crippen LogP contribution in [0.3, 0.4) is 0 Å². The molecular weight excluding hydrogens is 368 g/mol. The Balaban J connectivity index is 2.25. The minimum atomic E-state index is -3.68. The lowest BCUT2D eigenvalue weighted by molar-refractivity contribution is -0.116. The summed E-state index contributed by atoms with van der Waals surface area (Å²) in [4.78, 5) is 12.7. The SMILES string of the molecule is CCOc1cccc(NC(=O)C(C)N(c2ccc(OC)cc2)S(C)(=O)=O)c1. The molecule has 2 aromatic rings. The standard InChI is InChI=1S/C19H24N2O5S/c1-5-26-18-8-6-7-15(13-18)20-19(22)14(2)21(27(4,23)24)16-9-11-17(25-3)12-10-16/h6-14H,5H2,1-4H3,(H,20,22). The van der Waals surface area contributed by atoms with Crippen LogP contribution in [-0.4, -0.2) is 40.3 Å². The van der Waals surface area contributed by atoms with Crippen molar-refractivity contribution in [1.29, 1.82) is 0 Å². The maximum atomic E-state index is 12.7. The second-order valence-electron chi connectivity index (χ2n) is 5.88. The molecule has 0 fully saturated rings. The van der Waals surface area contributed by atoms with E-state index >= 15 is 0 Å². The van der Waals surface area contributed by atoms with E-state index in [1.54, 1.807) is 48.5 Å². The largest absolute Gasteiger partial charge is 0.497 e. The summed E-state index contributed by atoms with van der Waals surface area (Å²) < 4.78 is 36.2. The van der Waals surface area contributed by atoms with Gasteiger partial charge in [-0.1, -0.05) is 6.07 Å². The van der Waals surface area contributed by atoms with Crippen molar-refractivity contribution in [2.45, 2.75) is 19.9 Å². The van der Waals surface area contributed by atoms with Crippen LogP contribution in [0.1, 0.15) is 13.8 Å². The molecule has 2 aromatic carbocycles. The molecule has 1 atom stereocenters. The first kappa shape index (κ1) is 20.6. The van der Waals surface area contributed by atoms with Gasteiger partial charge >= 0.3 is 0 Å². The second kappa shape index (κ2) is 8.77. The third kappa shape index (κ3) is 5.37. The van der Waals surface area contributed by atoms with Crippen molar-refractivity contribution in [3.8, 4) is 11.5 Å². The Bertz CT molecular complexity index is 881. The topological polar surface area (TPSA) is 84.9 Å². The number of methoxy groups -OCH3 is 1. The van der Waals surface area contributed by atoms with Crippen molar-refractivity contribution < 1.29 is 22.7 Å². The van der Waals surface area contributed by atoms with Gasteiger partial charge in [0.2, 0.25) is 15.9 Å². The van der Waals surface area contributed by atoms with Gasteiger partial charge < -0.3 is 14.8 Å². The minimum Gasteiger partial charge on any atom is -0.497 e. The summed E-state index contributed by atoms with van der Waals surface area (Å²) in [7, 11) is -2.16. The average Bonchev–Trinajstić information content (AvgIpc) is 2.62. The van der Waals surface area contributed by atoms with Crippen molar-refractivity contribution in [3.63, 3.8) is 0 Å². The van der Waals surface area contributed by atoms with E-state index in [0.29, 0.717) is 29.5 Å². The number of rotatable bonds is 8. The molecule has 27 heavy (non-hydrogen) atoms. The molecule has 0 saturated heterocycles. The van der Waals surface area contributed by atoms with E-state index in [4.69, 9.17) is 9.47 Å². The van der Waals surface area contributed by atoms with Crippen molar-refractivity contribution >= 4 is 27.3 Å². The Morgan fingerprint density at radius 1 is 1.15 bits per heavy atom. The summed E-state index contributed by atoms with van der Waals surface area (Å²) in [5, 5.41) is 2.74. The Morgan fingerprint density at radius 3 is 2.37 bits per heavy atom. The van der Waals surface area contributed by atoms with Crippen LogP contribution >= 0.6 is 0 Å². The van der Waals surface area contributed by atoms with E-state index in [-0.39, 0.29) is 0 Å². The Kier molecular flexibility index (Phi) is 6.68. The van der Waals surface area contributed by atoms with E-state index in [1.165, 1.54) is 14.0 Å². The first-order valence-corrected chi connectivity index (χ1v) is 10.3. The van der Waals surface area contributed by atoms with Crippen LogP contribution in [0, 0.1) is 0 Å². The molecule has 0 heterocycles. The molecule has 0 bridgehead atoms. The van der Waals surface area contributed by atoms with E-state index in [2.05, 4.69) is 5.32 Å². The lowest BCUT2D eigenvalue weighted by Crippen LogP contribution is -2.45. The first-order valence-electron chi connectivity index (χ1n) is 8.43. The molecule has 0 spiro atoms. The number of benzene rings is 2. The number of carbonyl (C=O) groups excluding carboxylic acids is 1. The molecule has 0 saturated carbocycles. The van der Waals surface area contributed by atoms with Crippen molar-refractivity contribution in [2.24, 2.45) is 0 Å². The highest BCUT2D eigenvalue weighted by Crippen LogP contribution is 2.25. The minimum absolute atomic E-state index is 0.379. The van der Waals surface area contributed by atoms with Crippen LogP contribution in [0.4, 0.5) is 11.4 Å². The van der Waals surface area contributed by atoms with Gasteiger partial charge in [0.25, 0.3) is 0 Å². The van der Waals surface area contributed by atoms with Crippen molar-refractivity contribution in [3.05, 3.63) is 48.5 Å². The molecule has 0 radical (unpaired) electrons. The smallest absolute Gasteiger partial charge is 0.247 e. The molecule has 1 unspecified atom stereocenters. The van der Waals surface area contributed by atoms with Crippen molar-refractivity contribution in [1.82, 2.24) is 0 Å². The summed E-state index contributed by atoms with van der Waals surface area (Å²) in [6, 6.07) is 12.5. The molecule has 1 amide bonds. The Morgan fingerprint density at radius 2 is 1.81 bits per heavy atom. The molecule has 146 valence electrons. The van der Waals surface area contributed by atoms with Gasteiger partial charge in [0.05, 0.1) is 25.7 Å². The van der Waals surface area contributed by atoms with Gasteiger partial charge in [-0.25, -0.2) is 8.42 Å². The molecule has 0 aliphatic heterocycles. The molecule has 0 aliphatic carbocycles. The van der Waals surface area contributed by atoms with E-state index in [9.17, 15) is 13.2 Å². The summed E-state index contributed by atoms with van der Waals surface area (Å²) in [6.45, 7) is 3.91.